The van der Waals surface area contributed by atoms with Crippen molar-refractivity contribution in [2.24, 2.45) is 0 Å². The van der Waals surface area contributed by atoms with E-state index in [0.29, 0.717) is 22.8 Å². The lowest BCUT2D eigenvalue weighted by molar-refractivity contribution is -0.163. The van der Waals surface area contributed by atoms with Crippen molar-refractivity contribution in [3.8, 4) is 17.2 Å². The van der Waals surface area contributed by atoms with E-state index in [1.807, 2.05) is 30.3 Å². The smallest absolute Gasteiger partial charge is 0.305 e. The summed E-state index contributed by atoms with van der Waals surface area (Å²) in [6.07, 6.45) is -0.891. The summed E-state index contributed by atoms with van der Waals surface area (Å²) < 4.78 is 28.0. The molecule has 0 saturated carbocycles. The first kappa shape index (κ1) is 20.8. The number of hydrogen-bond donors (Lipinski definition) is 0. The van der Waals surface area contributed by atoms with E-state index in [2.05, 4.69) is 13.1 Å². The molecule has 6 nitrogen and oxygen atoms in total. The Balaban J connectivity index is 2.46. The van der Waals surface area contributed by atoms with E-state index in [4.69, 9.17) is 23.4 Å². The number of esters is 1. The highest BCUT2D eigenvalue weighted by molar-refractivity contribution is 6.84. The largest absolute Gasteiger partial charge is 0.493 e. The Bertz CT molecular complexity index is 750. The zero-order chi connectivity index (χ0) is 20.0. The lowest BCUT2D eigenvalue weighted by Gasteiger charge is -2.30. The minimum atomic E-state index is -2.36. The van der Waals surface area contributed by atoms with Gasteiger partial charge in [0.1, 0.15) is 0 Å². The van der Waals surface area contributed by atoms with Gasteiger partial charge in [-0.2, -0.15) is 0 Å². The molecule has 0 aliphatic heterocycles. The topological polar surface area (TPSA) is 63.2 Å². The van der Waals surface area contributed by atoms with E-state index in [-0.39, 0.29) is 0 Å². The predicted octanol–water partition coefficient (Wildman–Crippen LogP) is 3.40. The van der Waals surface area contributed by atoms with Crippen LogP contribution < -0.4 is 19.4 Å². The zero-order valence-electron chi connectivity index (χ0n) is 16.6. The summed E-state index contributed by atoms with van der Waals surface area (Å²) in [6.45, 7) is 5.46. The molecule has 0 aromatic heterocycles. The van der Waals surface area contributed by atoms with E-state index in [9.17, 15) is 4.79 Å². The number of carbonyl (C=O) groups is 1. The number of rotatable bonds is 8. The summed E-state index contributed by atoms with van der Waals surface area (Å²) in [5, 5.41) is 1.09. The van der Waals surface area contributed by atoms with Gasteiger partial charge in [0.2, 0.25) is 20.4 Å². The molecule has 146 valence electrons. The lowest BCUT2D eigenvalue weighted by atomic mass is 10.1. The summed E-state index contributed by atoms with van der Waals surface area (Å²) in [5.41, 5.74) is 0.608. The van der Waals surface area contributed by atoms with E-state index in [1.54, 1.807) is 12.1 Å². The normalized spacial score (nSPS) is 12.2. The molecule has 0 aliphatic carbocycles. The average Bonchev–Trinajstić information content (AvgIpc) is 2.66. The predicted molar refractivity (Wildman–Crippen MR) is 105 cm³/mol. The number of benzene rings is 2. The number of hydrogen-bond acceptors (Lipinski definition) is 6. The molecule has 1 atom stereocenters. The summed E-state index contributed by atoms with van der Waals surface area (Å²) in [4.78, 5) is 11.7. The Kier molecular flexibility index (Phi) is 6.87. The van der Waals surface area contributed by atoms with Crippen LogP contribution >= 0.6 is 0 Å². The minimum Gasteiger partial charge on any atom is -0.493 e. The van der Waals surface area contributed by atoms with Gasteiger partial charge >= 0.3 is 5.97 Å². The molecule has 7 heteroatoms. The summed E-state index contributed by atoms with van der Waals surface area (Å²) in [5.74, 6) is 0.954. The van der Waals surface area contributed by atoms with Crippen LogP contribution in [0, 0.1) is 0 Å². The van der Waals surface area contributed by atoms with Gasteiger partial charge in [-0.25, -0.2) is 0 Å². The fraction of sp³-hybridized carbons (Fsp3) is 0.350. The third kappa shape index (κ3) is 5.02. The van der Waals surface area contributed by atoms with E-state index >= 15 is 0 Å². The molecule has 2 aromatic carbocycles. The molecule has 0 spiro atoms. The molecular weight excluding hydrogens is 364 g/mol. The van der Waals surface area contributed by atoms with Gasteiger partial charge in [-0.3, -0.25) is 4.79 Å². The van der Waals surface area contributed by atoms with Crippen molar-refractivity contribution >= 4 is 19.5 Å². The van der Waals surface area contributed by atoms with Gasteiger partial charge < -0.3 is 23.4 Å². The molecule has 0 radical (unpaired) electrons. The standard InChI is InChI=1S/C20H26O6Si/c1-14(21)25-20(26-27(5,6)16-10-8-7-9-11-16)15-12-17(22-2)19(24-4)18(13-15)23-3/h7-13,20H,1-6H3. The van der Waals surface area contributed by atoms with Gasteiger partial charge in [0.05, 0.1) is 21.3 Å². The van der Waals surface area contributed by atoms with Gasteiger partial charge in [-0.15, -0.1) is 0 Å². The Morgan fingerprint density at radius 2 is 1.48 bits per heavy atom. The Morgan fingerprint density at radius 3 is 1.93 bits per heavy atom. The quantitative estimate of drug-likeness (QED) is 0.391. The number of carbonyl (C=O) groups excluding carboxylic acids is 1. The summed E-state index contributed by atoms with van der Waals surface area (Å²) in [7, 11) is 2.24. The maximum absolute atomic E-state index is 11.7. The highest BCUT2D eigenvalue weighted by Crippen LogP contribution is 2.41. The van der Waals surface area contributed by atoms with Crippen molar-refractivity contribution in [2.75, 3.05) is 21.3 Å². The molecular formula is C20H26O6Si. The van der Waals surface area contributed by atoms with Crippen molar-refractivity contribution in [1.29, 1.82) is 0 Å². The average molecular weight is 391 g/mol. The molecule has 1 unspecified atom stereocenters. The second kappa shape index (κ2) is 8.92. The molecule has 0 heterocycles. The first-order chi connectivity index (χ1) is 12.8. The van der Waals surface area contributed by atoms with Crippen molar-refractivity contribution in [2.45, 2.75) is 26.3 Å². The van der Waals surface area contributed by atoms with Crippen LogP contribution in [-0.2, 0) is 14.0 Å². The maximum Gasteiger partial charge on any atom is 0.305 e. The van der Waals surface area contributed by atoms with Gasteiger partial charge in [0, 0.05) is 12.5 Å². The van der Waals surface area contributed by atoms with Crippen LogP contribution in [0.3, 0.4) is 0 Å². The fourth-order valence-corrected chi connectivity index (χ4v) is 4.57. The van der Waals surface area contributed by atoms with Crippen molar-refractivity contribution in [3.63, 3.8) is 0 Å². The molecule has 0 fully saturated rings. The molecule has 27 heavy (non-hydrogen) atoms. The first-order valence-electron chi connectivity index (χ1n) is 8.52. The highest BCUT2D eigenvalue weighted by atomic mass is 28.4. The van der Waals surface area contributed by atoms with E-state index in [0.717, 1.165) is 5.19 Å². The van der Waals surface area contributed by atoms with Crippen LogP contribution in [0.25, 0.3) is 0 Å². The van der Waals surface area contributed by atoms with Crippen molar-refractivity contribution in [3.05, 3.63) is 48.0 Å². The van der Waals surface area contributed by atoms with Crippen molar-refractivity contribution in [1.82, 2.24) is 0 Å². The first-order valence-corrected chi connectivity index (χ1v) is 11.4. The van der Waals surface area contributed by atoms with Crippen LogP contribution in [0.5, 0.6) is 17.2 Å². The van der Waals surface area contributed by atoms with Gasteiger partial charge in [0.15, 0.2) is 11.5 Å². The molecule has 0 aliphatic rings. The third-order valence-electron chi connectivity index (χ3n) is 4.10. The second-order valence-electron chi connectivity index (χ2n) is 6.39. The fourth-order valence-electron chi connectivity index (χ4n) is 2.72. The van der Waals surface area contributed by atoms with Crippen LogP contribution in [0.4, 0.5) is 0 Å². The second-order valence-corrected chi connectivity index (χ2v) is 10.2. The molecule has 0 amide bonds. The van der Waals surface area contributed by atoms with Gasteiger partial charge in [-0.05, 0) is 30.4 Å². The van der Waals surface area contributed by atoms with E-state index in [1.165, 1.54) is 28.3 Å². The monoisotopic (exact) mass is 390 g/mol. The minimum absolute atomic E-state index is 0.438. The molecule has 0 bridgehead atoms. The molecule has 2 rings (SSSR count). The van der Waals surface area contributed by atoms with Crippen molar-refractivity contribution < 1.29 is 28.2 Å². The van der Waals surface area contributed by atoms with Crippen LogP contribution in [0.1, 0.15) is 18.8 Å². The Hall–Kier alpha value is -2.51. The Labute approximate surface area is 161 Å². The van der Waals surface area contributed by atoms with Crippen LogP contribution in [0.2, 0.25) is 13.1 Å². The lowest BCUT2D eigenvalue weighted by Crippen LogP contribution is -2.46. The van der Waals surface area contributed by atoms with E-state index < -0.39 is 20.6 Å². The Morgan fingerprint density at radius 1 is 0.926 bits per heavy atom. The third-order valence-corrected chi connectivity index (χ3v) is 6.63. The van der Waals surface area contributed by atoms with Crippen LogP contribution in [0.15, 0.2) is 42.5 Å². The number of ether oxygens (including phenoxy) is 4. The maximum atomic E-state index is 11.7. The summed E-state index contributed by atoms with van der Waals surface area (Å²) in [6, 6.07) is 13.4. The van der Waals surface area contributed by atoms with Crippen LogP contribution in [-0.4, -0.2) is 35.6 Å². The van der Waals surface area contributed by atoms with Gasteiger partial charge in [-0.1, -0.05) is 30.3 Å². The molecule has 0 saturated heterocycles. The SMILES string of the molecule is COc1cc(C(OC(C)=O)O[Si](C)(C)c2ccccc2)cc(OC)c1OC. The molecule has 2 aromatic rings. The zero-order valence-corrected chi connectivity index (χ0v) is 17.6. The number of methoxy groups -OCH3 is 3. The summed E-state index contributed by atoms with van der Waals surface area (Å²) >= 11 is 0. The highest BCUT2D eigenvalue weighted by Gasteiger charge is 2.32. The molecule has 0 N–H and O–H groups in total. The van der Waals surface area contributed by atoms with Gasteiger partial charge in [0.25, 0.3) is 0 Å².